The summed E-state index contributed by atoms with van der Waals surface area (Å²) < 4.78 is 11.0. The molecule has 7 aromatic carbocycles. The van der Waals surface area contributed by atoms with Crippen molar-refractivity contribution >= 4 is 47.0 Å². The lowest BCUT2D eigenvalue weighted by atomic mass is 9.99. The zero-order valence-corrected chi connectivity index (χ0v) is 29.2. The van der Waals surface area contributed by atoms with Crippen LogP contribution in [0, 0.1) is 13.8 Å². The molecule has 0 aliphatic carbocycles. The molecule has 4 nitrogen and oxygen atoms in total. The van der Waals surface area contributed by atoms with Crippen LogP contribution >= 0.6 is 12.9 Å². The fourth-order valence-corrected chi connectivity index (χ4v) is 6.48. The Labute approximate surface area is 300 Å². The van der Waals surface area contributed by atoms with Gasteiger partial charge >= 0.3 is 0 Å². The minimum absolute atomic E-state index is 0.735. The average molecular weight is 671 g/mol. The molecule has 246 valence electrons. The van der Waals surface area contributed by atoms with Crippen LogP contribution in [-0.2, 0) is 0 Å². The van der Waals surface area contributed by atoms with Crippen molar-refractivity contribution in [1.82, 2.24) is 0 Å². The molecule has 0 fully saturated rings. The standard InChI is InChI=1S/C45H38N2O2S/c1-32-14-24-42(30-44(32)48-3)46(38-10-6-4-7-11-38)40-26-20-36(21-27-40)34-16-18-35(19-17-34)37-22-28-41(29-23-37)47(39-12-8-5-9-13-39)43-25-15-33(2)45(31-43)49-50/h4-31,50H,1-3H3. The second-order valence-electron chi connectivity index (χ2n) is 12.2. The van der Waals surface area contributed by atoms with Crippen molar-refractivity contribution in [3.05, 3.63) is 181 Å². The van der Waals surface area contributed by atoms with E-state index >= 15 is 0 Å². The molecule has 0 bridgehead atoms. The Morgan fingerprint density at radius 3 is 1.08 bits per heavy atom. The number of rotatable bonds is 10. The summed E-state index contributed by atoms with van der Waals surface area (Å²) in [6, 6.07) is 59.5. The molecule has 0 aliphatic heterocycles. The quantitative estimate of drug-likeness (QED) is 0.116. The lowest BCUT2D eigenvalue weighted by molar-refractivity contribution is 0.412. The predicted octanol–water partition coefficient (Wildman–Crippen LogP) is 12.8. The second-order valence-corrected chi connectivity index (χ2v) is 12.4. The van der Waals surface area contributed by atoms with Gasteiger partial charge in [0, 0.05) is 59.2 Å². The molecule has 0 saturated heterocycles. The highest BCUT2D eigenvalue weighted by molar-refractivity contribution is 7.75. The molecule has 0 unspecified atom stereocenters. The summed E-state index contributed by atoms with van der Waals surface area (Å²) in [6.45, 7) is 4.08. The molecule has 0 atom stereocenters. The summed E-state index contributed by atoms with van der Waals surface area (Å²) in [6.07, 6.45) is 0. The number of para-hydroxylation sites is 2. The van der Waals surface area contributed by atoms with Crippen LogP contribution in [0.5, 0.6) is 11.5 Å². The van der Waals surface area contributed by atoms with Gasteiger partial charge in [-0.3, -0.25) is 0 Å². The van der Waals surface area contributed by atoms with Gasteiger partial charge in [-0.05, 0) is 108 Å². The topological polar surface area (TPSA) is 24.9 Å². The van der Waals surface area contributed by atoms with Gasteiger partial charge in [-0.1, -0.05) is 97.1 Å². The molecule has 7 rings (SSSR count). The minimum atomic E-state index is 0.735. The van der Waals surface area contributed by atoms with Crippen molar-refractivity contribution < 1.29 is 8.92 Å². The van der Waals surface area contributed by atoms with Crippen LogP contribution in [0.2, 0.25) is 0 Å². The van der Waals surface area contributed by atoms with E-state index in [1.54, 1.807) is 7.11 Å². The molecule has 0 aromatic heterocycles. The summed E-state index contributed by atoms with van der Waals surface area (Å²) in [4.78, 5) is 4.48. The number of hydrogen-bond acceptors (Lipinski definition) is 5. The van der Waals surface area contributed by atoms with Crippen molar-refractivity contribution in [2.75, 3.05) is 16.9 Å². The zero-order valence-electron chi connectivity index (χ0n) is 28.3. The van der Waals surface area contributed by atoms with Crippen molar-refractivity contribution in [2.45, 2.75) is 13.8 Å². The van der Waals surface area contributed by atoms with E-state index in [1.807, 2.05) is 25.1 Å². The first-order valence-corrected chi connectivity index (χ1v) is 17.0. The maximum Gasteiger partial charge on any atom is 0.141 e. The van der Waals surface area contributed by atoms with Gasteiger partial charge in [0.25, 0.3) is 0 Å². The molecule has 7 aromatic rings. The maximum absolute atomic E-state index is 5.65. The largest absolute Gasteiger partial charge is 0.496 e. The van der Waals surface area contributed by atoms with E-state index in [1.165, 1.54) is 0 Å². The highest BCUT2D eigenvalue weighted by atomic mass is 32.1. The Morgan fingerprint density at radius 2 is 0.700 bits per heavy atom. The number of ether oxygens (including phenoxy) is 1. The van der Waals surface area contributed by atoms with Gasteiger partial charge < -0.3 is 18.7 Å². The van der Waals surface area contributed by atoms with Crippen LogP contribution in [0.1, 0.15) is 11.1 Å². The van der Waals surface area contributed by atoms with Gasteiger partial charge in [-0.2, -0.15) is 0 Å². The molecular formula is C45H38N2O2S. The molecule has 0 aliphatic rings. The Balaban J connectivity index is 1.14. The summed E-state index contributed by atoms with van der Waals surface area (Å²) in [5.74, 6) is 1.60. The Morgan fingerprint density at radius 1 is 0.380 bits per heavy atom. The van der Waals surface area contributed by atoms with E-state index in [2.05, 4.69) is 181 Å². The van der Waals surface area contributed by atoms with Gasteiger partial charge in [-0.15, -0.1) is 0 Å². The number of aryl methyl sites for hydroxylation is 2. The number of thiol groups is 1. The fraction of sp³-hybridized carbons (Fsp3) is 0.0667. The number of nitrogens with zero attached hydrogens (tertiary/aromatic N) is 2. The number of methoxy groups -OCH3 is 1. The lowest BCUT2D eigenvalue weighted by Gasteiger charge is -2.26. The zero-order chi connectivity index (χ0) is 34.5. The molecule has 50 heavy (non-hydrogen) atoms. The summed E-state index contributed by atoms with van der Waals surface area (Å²) in [5.41, 5.74) is 13.1. The van der Waals surface area contributed by atoms with Crippen LogP contribution in [-0.4, -0.2) is 7.11 Å². The first-order valence-electron chi connectivity index (χ1n) is 16.6. The highest BCUT2D eigenvalue weighted by Crippen LogP contribution is 2.40. The van der Waals surface area contributed by atoms with Gasteiger partial charge in [0.05, 0.1) is 7.11 Å². The Bertz CT molecular complexity index is 2030. The molecule has 0 heterocycles. The van der Waals surface area contributed by atoms with Crippen LogP contribution < -0.4 is 18.7 Å². The first kappa shape index (κ1) is 32.6. The molecule has 5 heteroatoms. The van der Waals surface area contributed by atoms with Gasteiger partial charge in [0.2, 0.25) is 0 Å². The molecule has 0 N–H and O–H groups in total. The van der Waals surface area contributed by atoms with E-state index in [0.29, 0.717) is 0 Å². The third-order valence-corrected chi connectivity index (χ3v) is 9.21. The SMILES string of the molecule is COc1cc(N(c2ccccc2)c2ccc(-c3ccc(-c4ccc(N(c5ccccc5)c5ccc(C)c(OS)c5)cc4)cc3)cc2)ccc1C. The van der Waals surface area contributed by atoms with E-state index in [-0.39, 0.29) is 0 Å². The third-order valence-electron chi connectivity index (χ3n) is 9.01. The smallest absolute Gasteiger partial charge is 0.141 e. The summed E-state index contributed by atoms with van der Waals surface area (Å²) >= 11 is 4.08. The highest BCUT2D eigenvalue weighted by Gasteiger charge is 2.16. The van der Waals surface area contributed by atoms with Crippen molar-refractivity contribution in [3.8, 4) is 33.8 Å². The molecular weight excluding hydrogens is 633 g/mol. The lowest BCUT2D eigenvalue weighted by Crippen LogP contribution is -2.10. The molecule has 0 saturated carbocycles. The first-order chi connectivity index (χ1) is 24.5. The van der Waals surface area contributed by atoms with Crippen molar-refractivity contribution in [3.63, 3.8) is 0 Å². The molecule has 0 radical (unpaired) electrons. The second kappa shape index (κ2) is 14.7. The van der Waals surface area contributed by atoms with E-state index in [4.69, 9.17) is 8.92 Å². The minimum Gasteiger partial charge on any atom is -0.496 e. The fourth-order valence-electron chi connectivity index (χ4n) is 6.28. The van der Waals surface area contributed by atoms with Crippen LogP contribution in [0.15, 0.2) is 170 Å². The monoisotopic (exact) mass is 670 g/mol. The van der Waals surface area contributed by atoms with Crippen LogP contribution in [0.25, 0.3) is 22.3 Å². The van der Waals surface area contributed by atoms with E-state index in [0.717, 1.165) is 79.0 Å². The third kappa shape index (κ3) is 6.82. The molecule has 0 amide bonds. The van der Waals surface area contributed by atoms with Crippen molar-refractivity contribution in [1.29, 1.82) is 0 Å². The van der Waals surface area contributed by atoms with E-state index < -0.39 is 0 Å². The van der Waals surface area contributed by atoms with E-state index in [9.17, 15) is 0 Å². The number of benzene rings is 7. The van der Waals surface area contributed by atoms with Gasteiger partial charge in [0.1, 0.15) is 11.5 Å². The number of hydrogen-bond donors (Lipinski definition) is 1. The van der Waals surface area contributed by atoms with Crippen LogP contribution in [0.4, 0.5) is 34.1 Å². The van der Waals surface area contributed by atoms with Gasteiger partial charge in [0.15, 0.2) is 0 Å². The predicted molar refractivity (Wildman–Crippen MR) is 212 cm³/mol. The number of anilines is 6. The maximum atomic E-state index is 5.65. The summed E-state index contributed by atoms with van der Waals surface area (Å²) in [7, 11) is 1.72. The Kier molecular flexibility index (Phi) is 9.59. The normalized spacial score (nSPS) is 10.8. The average Bonchev–Trinajstić information content (AvgIpc) is 3.18. The molecule has 0 spiro atoms. The summed E-state index contributed by atoms with van der Waals surface area (Å²) in [5, 5.41) is 0. The van der Waals surface area contributed by atoms with Gasteiger partial charge in [-0.25, -0.2) is 0 Å². The van der Waals surface area contributed by atoms with Crippen LogP contribution in [0.3, 0.4) is 0 Å². The Hall–Kier alpha value is -5.91. The van der Waals surface area contributed by atoms with Crippen molar-refractivity contribution in [2.24, 2.45) is 0 Å².